The molecule has 1 N–H and O–H groups in total. The van der Waals surface area contributed by atoms with Crippen LogP contribution in [-0.2, 0) is 0 Å². The molecule has 1 heterocycles. The van der Waals surface area contributed by atoms with E-state index in [0.29, 0.717) is 22.3 Å². The summed E-state index contributed by atoms with van der Waals surface area (Å²) in [5.41, 5.74) is 2.96. The van der Waals surface area contributed by atoms with E-state index in [0.717, 1.165) is 14.8 Å². The molecule has 0 fully saturated rings. The molecule has 0 atom stereocenters. The van der Waals surface area contributed by atoms with Crippen LogP contribution >= 0.6 is 22.6 Å². The van der Waals surface area contributed by atoms with E-state index in [-0.39, 0.29) is 11.3 Å². The summed E-state index contributed by atoms with van der Waals surface area (Å²) in [7, 11) is 0. The van der Waals surface area contributed by atoms with Crippen molar-refractivity contribution in [2.75, 3.05) is 0 Å². The van der Waals surface area contributed by atoms with E-state index in [1.807, 2.05) is 61.5 Å². The Bertz CT molecular complexity index is 1280. The third kappa shape index (κ3) is 3.45. The molecule has 0 bridgehead atoms. The maximum absolute atomic E-state index is 13.4. The summed E-state index contributed by atoms with van der Waals surface area (Å²) in [6, 6.07) is 20.4. The highest BCUT2D eigenvalue weighted by atomic mass is 127. The number of fused-ring (bicyclic) bond motifs is 1. The van der Waals surface area contributed by atoms with Crippen LogP contribution in [0.2, 0.25) is 0 Å². The smallest absolute Gasteiger partial charge is 0.266 e. The number of aromatic nitrogens is 2. The second-order valence-corrected chi connectivity index (χ2v) is 7.70. The van der Waals surface area contributed by atoms with Crippen molar-refractivity contribution in [1.29, 1.82) is 0 Å². The van der Waals surface area contributed by atoms with E-state index in [4.69, 9.17) is 4.98 Å². The van der Waals surface area contributed by atoms with E-state index in [1.165, 1.54) is 0 Å². The Morgan fingerprint density at radius 2 is 1.75 bits per heavy atom. The zero-order chi connectivity index (χ0) is 19.7. The molecule has 0 amide bonds. The fourth-order valence-corrected chi connectivity index (χ4v) is 3.62. The van der Waals surface area contributed by atoms with Gasteiger partial charge in [-0.1, -0.05) is 36.4 Å². The van der Waals surface area contributed by atoms with Gasteiger partial charge in [-0.05, 0) is 77.6 Å². The van der Waals surface area contributed by atoms with Crippen molar-refractivity contribution >= 4 is 45.6 Å². The molecule has 3 aromatic carbocycles. The molecule has 4 nitrogen and oxygen atoms in total. The SMILES string of the molecule is Cc1ccccc1-n1c(/C=C\c2ccccc2O)nc2ccc(I)cc2c1=O. The van der Waals surface area contributed by atoms with Crippen LogP contribution in [0.1, 0.15) is 17.0 Å². The number of hydrogen-bond donors (Lipinski definition) is 1. The molecular weight excluding hydrogens is 463 g/mol. The van der Waals surface area contributed by atoms with Crippen LogP contribution in [0, 0.1) is 10.5 Å². The van der Waals surface area contributed by atoms with Gasteiger partial charge in [-0.3, -0.25) is 9.36 Å². The minimum atomic E-state index is -0.116. The lowest BCUT2D eigenvalue weighted by Gasteiger charge is -2.14. The van der Waals surface area contributed by atoms with Crippen LogP contribution < -0.4 is 5.56 Å². The molecule has 5 heteroatoms. The summed E-state index contributed by atoms with van der Waals surface area (Å²) >= 11 is 2.20. The lowest BCUT2D eigenvalue weighted by atomic mass is 10.1. The fraction of sp³-hybridized carbons (Fsp3) is 0.0435. The number of rotatable bonds is 3. The maximum Gasteiger partial charge on any atom is 0.266 e. The summed E-state index contributed by atoms with van der Waals surface area (Å²) in [6.07, 6.45) is 3.53. The Morgan fingerprint density at radius 3 is 2.54 bits per heavy atom. The molecule has 0 aliphatic carbocycles. The minimum absolute atomic E-state index is 0.116. The molecule has 0 spiro atoms. The molecule has 0 aliphatic heterocycles. The third-order valence-electron chi connectivity index (χ3n) is 4.56. The number of phenols is 1. The zero-order valence-corrected chi connectivity index (χ0v) is 17.3. The number of nitrogens with zero attached hydrogens (tertiary/aromatic N) is 2. The molecular formula is C23H17IN2O2. The second kappa shape index (κ2) is 7.59. The number of aryl methyl sites for hydroxylation is 1. The Labute approximate surface area is 175 Å². The molecule has 1 aromatic heterocycles. The molecule has 138 valence electrons. The van der Waals surface area contributed by atoms with E-state index >= 15 is 0 Å². The molecule has 0 saturated carbocycles. The van der Waals surface area contributed by atoms with Gasteiger partial charge in [0, 0.05) is 9.13 Å². The molecule has 28 heavy (non-hydrogen) atoms. The van der Waals surface area contributed by atoms with Crippen molar-refractivity contribution in [3.8, 4) is 11.4 Å². The topological polar surface area (TPSA) is 55.1 Å². The van der Waals surface area contributed by atoms with Crippen LogP contribution in [0.3, 0.4) is 0 Å². The van der Waals surface area contributed by atoms with Crippen LogP contribution in [0.4, 0.5) is 0 Å². The molecule has 4 rings (SSSR count). The molecule has 0 radical (unpaired) electrons. The summed E-state index contributed by atoms with van der Waals surface area (Å²) in [5.74, 6) is 0.690. The highest BCUT2D eigenvalue weighted by Gasteiger charge is 2.13. The van der Waals surface area contributed by atoms with E-state index in [2.05, 4.69) is 22.6 Å². The first-order valence-corrected chi connectivity index (χ1v) is 9.87. The highest BCUT2D eigenvalue weighted by molar-refractivity contribution is 14.1. The fourth-order valence-electron chi connectivity index (χ4n) is 3.13. The zero-order valence-electron chi connectivity index (χ0n) is 15.1. The first kappa shape index (κ1) is 18.4. The van der Waals surface area contributed by atoms with Crippen molar-refractivity contribution in [2.24, 2.45) is 0 Å². The van der Waals surface area contributed by atoms with Crippen LogP contribution in [-0.4, -0.2) is 14.7 Å². The Hall–Kier alpha value is -2.93. The number of benzene rings is 3. The van der Waals surface area contributed by atoms with Crippen LogP contribution in [0.25, 0.3) is 28.7 Å². The lowest BCUT2D eigenvalue weighted by Crippen LogP contribution is -2.23. The minimum Gasteiger partial charge on any atom is -0.507 e. The van der Waals surface area contributed by atoms with Crippen molar-refractivity contribution in [3.05, 3.63) is 97.6 Å². The standard InChI is InChI=1S/C23H17IN2O2/c1-15-6-2-4-8-20(15)26-22(13-10-16-7-3-5-9-21(16)27)25-19-12-11-17(24)14-18(19)23(26)28/h2-14,27H,1H3/b13-10-. The molecule has 4 aromatic rings. The first-order chi connectivity index (χ1) is 13.5. The van der Waals surface area contributed by atoms with Crippen molar-refractivity contribution in [2.45, 2.75) is 6.92 Å². The summed E-state index contributed by atoms with van der Waals surface area (Å²) in [6.45, 7) is 1.97. The Morgan fingerprint density at radius 1 is 1.00 bits per heavy atom. The number of hydrogen-bond acceptors (Lipinski definition) is 3. The summed E-state index contributed by atoms with van der Waals surface area (Å²) in [5, 5.41) is 10.6. The van der Waals surface area contributed by atoms with Crippen molar-refractivity contribution in [1.82, 2.24) is 9.55 Å². The van der Waals surface area contributed by atoms with Gasteiger partial charge in [0.2, 0.25) is 0 Å². The normalized spacial score (nSPS) is 11.4. The number of halogens is 1. The quantitative estimate of drug-likeness (QED) is 0.412. The molecule has 0 saturated heterocycles. The number of para-hydroxylation sites is 2. The van der Waals surface area contributed by atoms with Gasteiger partial charge in [0.1, 0.15) is 11.6 Å². The third-order valence-corrected chi connectivity index (χ3v) is 5.23. The average molecular weight is 480 g/mol. The lowest BCUT2D eigenvalue weighted by molar-refractivity contribution is 0.474. The predicted octanol–water partition coefficient (Wildman–Crippen LogP) is 5.17. The van der Waals surface area contributed by atoms with Gasteiger partial charge in [0.25, 0.3) is 5.56 Å². The highest BCUT2D eigenvalue weighted by Crippen LogP contribution is 2.21. The maximum atomic E-state index is 13.4. The van der Waals surface area contributed by atoms with Gasteiger partial charge in [-0.25, -0.2) is 4.98 Å². The number of phenolic OH excluding ortho intramolecular Hbond substituents is 1. The monoisotopic (exact) mass is 480 g/mol. The van der Waals surface area contributed by atoms with Crippen molar-refractivity contribution in [3.63, 3.8) is 0 Å². The van der Waals surface area contributed by atoms with Gasteiger partial charge in [0.15, 0.2) is 0 Å². The van der Waals surface area contributed by atoms with E-state index < -0.39 is 0 Å². The number of aromatic hydroxyl groups is 1. The predicted molar refractivity (Wildman–Crippen MR) is 122 cm³/mol. The second-order valence-electron chi connectivity index (χ2n) is 6.45. The van der Waals surface area contributed by atoms with Gasteiger partial charge in [-0.2, -0.15) is 0 Å². The summed E-state index contributed by atoms with van der Waals surface area (Å²) < 4.78 is 2.61. The Balaban J connectivity index is 2.00. The first-order valence-electron chi connectivity index (χ1n) is 8.79. The molecule has 0 aliphatic rings. The average Bonchev–Trinajstić information content (AvgIpc) is 2.69. The van der Waals surface area contributed by atoms with Crippen LogP contribution in [0.5, 0.6) is 5.75 Å². The summed E-state index contributed by atoms with van der Waals surface area (Å²) in [4.78, 5) is 18.1. The van der Waals surface area contributed by atoms with Crippen molar-refractivity contribution < 1.29 is 5.11 Å². The van der Waals surface area contributed by atoms with Gasteiger partial charge in [-0.15, -0.1) is 0 Å². The van der Waals surface area contributed by atoms with Gasteiger partial charge >= 0.3 is 0 Å². The van der Waals surface area contributed by atoms with E-state index in [1.54, 1.807) is 28.9 Å². The largest absolute Gasteiger partial charge is 0.507 e. The van der Waals surface area contributed by atoms with E-state index in [9.17, 15) is 9.90 Å². The van der Waals surface area contributed by atoms with Gasteiger partial charge in [0.05, 0.1) is 16.6 Å². The Kier molecular flexibility index (Phi) is 5.00. The molecule has 0 unspecified atom stereocenters. The van der Waals surface area contributed by atoms with Gasteiger partial charge < -0.3 is 5.11 Å². The van der Waals surface area contributed by atoms with Crippen LogP contribution in [0.15, 0.2) is 71.5 Å².